The predicted octanol–water partition coefficient (Wildman–Crippen LogP) is 5.86. The Kier molecular flexibility index (Phi) is 5.99. The van der Waals surface area contributed by atoms with Crippen molar-refractivity contribution in [3.8, 4) is 5.75 Å². The second-order valence-electron chi connectivity index (χ2n) is 9.37. The number of aryl methyl sites for hydroxylation is 1. The van der Waals surface area contributed by atoms with Gasteiger partial charge in [0, 0.05) is 6.42 Å². The standard InChI is InChI=1S/C27H34N3O/c1-30(16-7-14-26-28-24-12-6-13-25(31-2)27(24)29-26)17-15-20-18-19-8-5-11-22(20)23-10-4-3-9-21(19)23/h3-4,6,9-10,12-13,19,22H,5,7-8,11,14-18H2,1-2H3,(H,28,29)/t19-,22-/m1/s1. The fourth-order valence-corrected chi connectivity index (χ4v) is 5.75. The summed E-state index contributed by atoms with van der Waals surface area (Å²) >= 11 is 0. The first-order chi connectivity index (χ1) is 15.2. The number of methoxy groups -OCH3 is 1. The second kappa shape index (κ2) is 9.04. The largest absolute Gasteiger partial charge is 0.494 e. The van der Waals surface area contributed by atoms with Gasteiger partial charge in [-0.2, -0.15) is 0 Å². The fraction of sp³-hybridized carbons (Fsp3) is 0.481. The summed E-state index contributed by atoms with van der Waals surface area (Å²) in [6.07, 6.45) is 8.74. The van der Waals surface area contributed by atoms with E-state index < -0.39 is 0 Å². The van der Waals surface area contributed by atoms with E-state index in [2.05, 4.69) is 47.3 Å². The first-order valence-electron chi connectivity index (χ1n) is 11.9. The molecule has 2 bridgehead atoms. The van der Waals surface area contributed by atoms with Crippen LogP contribution in [0.15, 0.2) is 42.5 Å². The van der Waals surface area contributed by atoms with Gasteiger partial charge in [0.05, 0.1) is 12.6 Å². The lowest BCUT2D eigenvalue weighted by Crippen LogP contribution is -2.26. The number of nitrogens with zero attached hydrogens (tertiary/aromatic N) is 2. The monoisotopic (exact) mass is 416 g/mol. The van der Waals surface area contributed by atoms with Crippen molar-refractivity contribution in [1.82, 2.24) is 14.9 Å². The van der Waals surface area contributed by atoms with Crippen LogP contribution in [-0.2, 0) is 6.42 Å². The van der Waals surface area contributed by atoms with Crippen molar-refractivity contribution < 1.29 is 4.74 Å². The maximum absolute atomic E-state index is 5.43. The van der Waals surface area contributed by atoms with E-state index in [1.807, 2.05) is 12.1 Å². The van der Waals surface area contributed by atoms with Crippen molar-refractivity contribution in [2.24, 2.45) is 0 Å². The molecule has 0 amide bonds. The quantitative estimate of drug-likeness (QED) is 0.500. The number of rotatable bonds is 8. The van der Waals surface area contributed by atoms with E-state index in [1.54, 1.807) is 24.2 Å². The van der Waals surface area contributed by atoms with Gasteiger partial charge in [0.2, 0.25) is 0 Å². The molecule has 1 saturated carbocycles. The first kappa shape index (κ1) is 20.6. The Labute approximate surface area is 186 Å². The molecule has 0 saturated heterocycles. The molecule has 6 rings (SSSR count). The summed E-state index contributed by atoms with van der Waals surface area (Å²) in [5.41, 5.74) is 5.27. The van der Waals surface area contributed by atoms with Gasteiger partial charge < -0.3 is 14.6 Å². The Bertz CT molecular complexity index is 1030. The minimum absolute atomic E-state index is 0.703. The molecule has 2 atom stereocenters. The Morgan fingerprint density at radius 2 is 1.90 bits per heavy atom. The third-order valence-corrected chi connectivity index (χ3v) is 7.37. The molecule has 1 fully saturated rings. The van der Waals surface area contributed by atoms with Crippen LogP contribution in [0.2, 0.25) is 0 Å². The number of nitrogens with one attached hydrogen (secondary N) is 1. The minimum Gasteiger partial charge on any atom is -0.494 e. The molecular weight excluding hydrogens is 382 g/mol. The summed E-state index contributed by atoms with van der Waals surface area (Å²) < 4.78 is 5.43. The summed E-state index contributed by atoms with van der Waals surface area (Å²) in [5, 5.41) is 0. The number of hydrogen-bond donors (Lipinski definition) is 1. The zero-order valence-electron chi connectivity index (χ0n) is 18.9. The molecule has 31 heavy (non-hydrogen) atoms. The van der Waals surface area contributed by atoms with Crippen LogP contribution in [-0.4, -0.2) is 42.1 Å². The summed E-state index contributed by atoms with van der Waals surface area (Å²) in [6.45, 7) is 2.26. The molecule has 1 radical (unpaired) electrons. The summed E-state index contributed by atoms with van der Waals surface area (Å²) in [4.78, 5) is 10.7. The molecule has 0 unspecified atom stereocenters. The number of H-pyrrole nitrogens is 1. The average Bonchev–Trinajstić information content (AvgIpc) is 2.99. The number of fused-ring (bicyclic) bond motifs is 4. The van der Waals surface area contributed by atoms with Crippen LogP contribution in [0.1, 0.15) is 67.3 Å². The van der Waals surface area contributed by atoms with E-state index >= 15 is 0 Å². The lowest BCUT2D eigenvalue weighted by atomic mass is 9.70. The molecule has 1 N–H and O–H groups in total. The highest BCUT2D eigenvalue weighted by molar-refractivity contribution is 5.81. The Balaban J connectivity index is 1.13. The van der Waals surface area contributed by atoms with Crippen molar-refractivity contribution in [3.05, 3.63) is 65.3 Å². The van der Waals surface area contributed by atoms with Crippen LogP contribution in [0, 0.1) is 5.92 Å². The zero-order chi connectivity index (χ0) is 21.2. The van der Waals surface area contributed by atoms with Crippen LogP contribution in [0.25, 0.3) is 11.0 Å². The van der Waals surface area contributed by atoms with E-state index in [0.717, 1.165) is 54.5 Å². The molecule has 1 heterocycles. The van der Waals surface area contributed by atoms with E-state index in [4.69, 9.17) is 9.72 Å². The molecular formula is C27H34N3O. The number of benzene rings is 2. The molecule has 4 heteroatoms. The van der Waals surface area contributed by atoms with Gasteiger partial charge in [0.1, 0.15) is 17.1 Å². The van der Waals surface area contributed by atoms with Gasteiger partial charge in [-0.15, -0.1) is 0 Å². The van der Waals surface area contributed by atoms with Crippen molar-refractivity contribution in [1.29, 1.82) is 0 Å². The molecule has 163 valence electrons. The zero-order valence-corrected chi connectivity index (χ0v) is 18.9. The molecule has 0 aliphatic heterocycles. The van der Waals surface area contributed by atoms with E-state index in [9.17, 15) is 0 Å². The van der Waals surface area contributed by atoms with Crippen molar-refractivity contribution in [3.63, 3.8) is 0 Å². The van der Waals surface area contributed by atoms with Crippen molar-refractivity contribution in [2.45, 2.75) is 56.8 Å². The number of hydrogen-bond acceptors (Lipinski definition) is 3. The molecule has 3 aromatic rings. The number of para-hydroxylation sites is 1. The predicted molar refractivity (Wildman–Crippen MR) is 127 cm³/mol. The molecule has 2 aromatic carbocycles. The van der Waals surface area contributed by atoms with E-state index in [-0.39, 0.29) is 0 Å². The molecule has 4 nitrogen and oxygen atoms in total. The average molecular weight is 417 g/mol. The van der Waals surface area contributed by atoms with Gasteiger partial charge in [-0.3, -0.25) is 0 Å². The van der Waals surface area contributed by atoms with Gasteiger partial charge in [0.25, 0.3) is 0 Å². The summed E-state index contributed by atoms with van der Waals surface area (Å²) in [5.74, 6) is 5.17. The van der Waals surface area contributed by atoms with Gasteiger partial charge in [-0.05, 0) is 93.3 Å². The van der Waals surface area contributed by atoms with Crippen molar-refractivity contribution >= 4 is 11.0 Å². The highest BCUT2D eigenvalue weighted by Gasteiger charge is 2.37. The fourth-order valence-electron chi connectivity index (χ4n) is 5.75. The molecule has 3 aliphatic carbocycles. The SMILES string of the molecule is COc1cccc2[nH]c(CCCN(C)CC[C]3C[C@H]4CCC[C@H]3c3ccccc34)nc12. The minimum atomic E-state index is 0.703. The smallest absolute Gasteiger partial charge is 0.146 e. The summed E-state index contributed by atoms with van der Waals surface area (Å²) in [6, 6.07) is 15.3. The number of aromatic amines is 1. The third-order valence-electron chi connectivity index (χ3n) is 7.37. The van der Waals surface area contributed by atoms with E-state index in [0.29, 0.717) is 5.92 Å². The topological polar surface area (TPSA) is 41.1 Å². The van der Waals surface area contributed by atoms with Crippen LogP contribution in [0.4, 0.5) is 0 Å². The normalized spacial score (nSPS) is 20.9. The molecule has 3 aliphatic rings. The molecule has 1 aromatic heterocycles. The Morgan fingerprint density at radius 1 is 1.03 bits per heavy atom. The lowest BCUT2D eigenvalue weighted by molar-refractivity contribution is 0.317. The van der Waals surface area contributed by atoms with Gasteiger partial charge >= 0.3 is 0 Å². The van der Waals surface area contributed by atoms with Crippen LogP contribution in [0.5, 0.6) is 5.75 Å². The number of imidazole rings is 1. The van der Waals surface area contributed by atoms with Crippen LogP contribution in [0.3, 0.4) is 0 Å². The Hall–Kier alpha value is -2.33. The summed E-state index contributed by atoms with van der Waals surface area (Å²) in [7, 11) is 3.97. The van der Waals surface area contributed by atoms with E-state index in [1.165, 1.54) is 32.1 Å². The first-order valence-corrected chi connectivity index (χ1v) is 11.9. The number of aromatic nitrogens is 2. The maximum Gasteiger partial charge on any atom is 0.146 e. The highest BCUT2D eigenvalue weighted by Crippen LogP contribution is 2.52. The van der Waals surface area contributed by atoms with Crippen LogP contribution < -0.4 is 4.74 Å². The molecule has 0 spiro atoms. The van der Waals surface area contributed by atoms with Gasteiger partial charge in [0.15, 0.2) is 0 Å². The third kappa shape index (κ3) is 4.23. The second-order valence-corrected chi connectivity index (χ2v) is 9.37. The number of ether oxygens (including phenoxy) is 1. The van der Waals surface area contributed by atoms with Gasteiger partial charge in [-0.25, -0.2) is 4.98 Å². The maximum atomic E-state index is 5.43. The Morgan fingerprint density at radius 3 is 2.77 bits per heavy atom. The highest BCUT2D eigenvalue weighted by atomic mass is 16.5. The van der Waals surface area contributed by atoms with Crippen LogP contribution >= 0.6 is 0 Å². The van der Waals surface area contributed by atoms with Gasteiger partial charge in [-0.1, -0.05) is 36.8 Å². The lowest BCUT2D eigenvalue weighted by Gasteiger charge is -2.35. The van der Waals surface area contributed by atoms with Crippen molar-refractivity contribution in [2.75, 3.05) is 27.2 Å².